The zero-order valence-electron chi connectivity index (χ0n) is 14.4. The molecule has 0 saturated carbocycles. The van der Waals surface area contributed by atoms with Gasteiger partial charge in [0.05, 0.1) is 17.4 Å². The predicted molar refractivity (Wildman–Crippen MR) is 105 cm³/mol. The van der Waals surface area contributed by atoms with E-state index in [2.05, 4.69) is 15.6 Å². The van der Waals surface area contributed by atoms with Crippen molar-refractivity contribution in [2.24, 2.45) is 4.99 Å². The van der Waals surface area contributed by atoms with E-state index in [1.54, 1.807) is 6.07 Å². The molecule has 0 bridgehead atoms. The van der Waals surface area contributed by atoms with Gasteiger partial charge in [-0.3, -0.25) is 4.99 Å². The van der Waals surface area contributed by atoms with Gasteiger partial charge in [-0.2, -0.15) is 0 Å². The molecule has 0 fully saturated rings. The molecular formula is C18H24ClN3O2S. The molecule has 136 valence electrons. The molecule has 2 aromatic rings. The first-order valence-electron chi connectivity index (χ1n) is 8.25. The largest absolute Gasteiger partial charge is 0.489 e. The molecule has 3 N–H and O–H groups in total. The number of hydrogen-bond donors (Lipinski definition) is 3. The monoisotopic (exact) mass is 381 g/mol. The number of hydrogen-bond acceptors (Lipinski definition) is 4. The summed E-state index contributed by atoms with van der Waals surface area (Å²) in [6.07, 6.45) is -0.682. The number of halogens is 1. The Hall–Kier alpha value is -1.76. The van der Waals surface area contributed by atoms with Crippen molar-refractivity contribution in [2.75, 3.05) is 19.6 Å². The minimum Gasteiger partial charge on any atom is -0.489 e. The van der Waals surface area contributed by atoms with Crippen molar-refractivity contribution >= 4 is 28.9 Å². The Morgan fingerprint density at radius 1 is 1.24 bits per heavy atom. The van der Waals surface area contributed by atoms with Crippen LogP contribution in [0.1, 0.15) is 24.8 Å². The van der Waals surface area contributed by atoms with Gasteiger partial charge < -0.3 is 20.5 Å². The van der Waals surface area contributed by atoms with Crippen molar-refractivity contribution in [3.8, 4) is 5.75 Å². The lowest BCUT2D eigenvalue weighted by Gasteiger charge is -2.18. The SMILES string of the molecule is CCNC(=NCC(O)c1ccc(Cl)s1)NCC(C)Oc1ccccc1. The molecule has 2 rings (SSSR count). The molecule has 0 spiro atoms. The summed E-state index contributed by atoms with van der Waals surface area (Å²) in [6, 6.07) is 13.3. The summed E-state index contributed by atoms with van der Waals surface area (Å²) in [6.45, 7) is 5.59. The van der Waals surface area contributed by atoms with Gasteiger partial charge in [0.1, 0.15) is 18.0 Å². The van der Waals surface area contributed by atoms with Gasteiger partial charge >= 0.3 is 0 Å². The number of thiophene rings is 1. The lowest BCUT2D eigenvalue weighted by atomic mass is 10.3. The maximum atomic E-state index is 10.2. The summed E-state index contributed by atoms with van der Waals surface area (Å²) >= 11 is 7.27. The molecular weight excluding hydrogens is 358 g/mol. The number of guanidine groups is 1. The predicted octanol–water partition coefficient (Wildman–Crippen LogP) is 3.46. The van der Waals surface area contributed by atoms with Crippen molar-refractivity contribution < 1.29 is 9.84 Å². The number of rotatable bonds is 8. The van der Waals surface area contributed by atoms with Gasteiger partial charge in [0.25, 0.3) is 0 Å². The first-order valence-corrected chi connectivity index (χ1v) is 9.45. The van der Waals surface area contributed by atoms with Crippen LogP contribution in [0, 0.1) is 0 Å². The molecule has 1 heterocycles. The van der Waals surface area contributed by atoms with Crippen LogP contribution in [0.15, 0.2) is 47.5 Å². The second-order valence-corrected chi connectivity index (χ2v) is 7.25. The van der Waals surface area contributed by atoms with E-state index >= 15 is 0 Å². The van der Waals surface area contributed by atoms with Crippen molar-refractivity contribution in [1.82, 2.24) is 10.6 Å². The van der Waals surface area contributed by atoms with Crippen LogP contribution in [0.2, 0.25) is 4.34 Å². The number of nitrogens with one attached hydrogen (secondary N) is 2. The molecule has 0 aliphatic rings. The third-order valence-electron chi connectivity index (χ3n) is 3.33. The third-order valence-corrected chi connectivity index (χ3v) is 4.66. The van der Waals surface area contributed by atoms with E-state index in [4.69, 9.17) is 16.3 Å². The Morgan fingerprint density at radius 3 is 2.64 bits per heavy atom. The fraction of sp³-hybridized carbons (Fsp3) is 0.389. The Bertz CT molecular complexity index is 663. The Kier molecular flexibility index (Phi) is 8.04. The molecule has 2 atom stereocenters. The lowest BCUT2D eigenvalue weighted by Crippen LogP contribution is -2.42. The normalized spacial score (nSPS) is 14.0. The summed E-state index contributed by atoms with van der Waals surface area (Å²) in [5.41, 5.74) is 0. The molecule has 25 heavy (non-hydrogen) atoms. The van der Waals surface area contributed by atoms with E-state index < -0.39 is 6.10 Å². The van der Waals surface area contributed by atoms with Crippen molar-refractivity contribution in [3.63, 3.8) is 0 Å². The summed E-state index contributed by atoms with van der Waals surface area (Å²) in [4.78, 5) is 5.24. The maximum absolute atomic E-state index is 10.2. The van der Waals surface area contributed by atoms with Crippen molar-refractivity contribution in [2.45, 2.75) is 26.1 Å². The van der Waals surface area contributed by atoms with Crippen LogP contribution in [-0.4, -0.2) is 36.8 Å². The van der Waals surface area contributed by atoms with E-state index in [9.17, 15) is 5.11 Å². The van der Waals surface area contributed by atoms with E-state index in [1.165, 1.54) is 11.3 Å². The molecule has 1 aromatic heterocycles. The molecule has 5 nitrogen and oxygen atoms in total. The third kappa shape index (κ3) is 6.94. The topological polar surface area (TPSA) is 65.9 Å². The second-order valence-electron chi connectivity index (χ2n) is 5.50. The van der Waals surface area contributed by atoms with Crippen LogP contribution < -0.4 is 15.4 Å². The van der Waals surface area contributed by atoms with Crippen LogP contribution >= 0.6 is 22.9 Å². The van der Waals surface area contributed by atoms with E-state index in [-0.39, 0.29) is 12.6 Å². The van der Waals surface area contributed by atoms with Crippen molar-refractivity contribution in [3.05, 3.63) is 51.7 Å². The van der Waals surface area contributed by atoms with Crippen LogP contribution in [0.25, 0.3) is 0 Å². The number of benzene rings is 1. The van der Waals surface area contributed by atoms with Gasteiger partial charge in [-0.1, -0.05) is 29.8 Å². The second kappa shape index (κ2) is 10.3. The Labute approximate surface area is 157 Å². The number of aliphatic hydroxyl groups is 1. The zero-order valence-corrected chi connectivity index (χ0v) is 16.0. The summed E-state index contributed by atoms with van der Waals surface area (Å²) in [7, 11) is 0. The minimum atomic E-state index is -0.661. The lowest BCUT2D eigenvalue weighted by molar-refractivity contribution is 0.190. The number of aliphatic imine (C=N–C) groups is 1. The van der Waals surface area contributed by atoms with Crippen LogP contribution in [-0.2, 0) is 0 Å². The summed E-state index contributed by atoms with van der Waals surface area (Å²) < 4.78 is 6.49. The summed E-state index contributed by atoms with van der Waals surface area (Å²) in [5, 5.41) is 16.6. The first kappa shape index (κ1) is 19.6. The van der Waals surface area contributed by atoms with Crippen LogP contribution in [0.3, 0.4) is 0 Å². The Morgan fingerprint density at radius 2 is 2.00 bits per heavy atom. The van der Waals surface area contributed by atoms with Gasteiger partial charge in [-0.25, -0.2) is 0 Å². The fourth-order valence-corrected chi connectivity index (χ4v) is 3.17. The number of aliphatic hydroxyl groups excluding tert-OH is 1. The highest BCUT2D eigenvalue weighted by Gasteiger charge is 2.11. The minimum absolute atomic E-state index is 0.0210. The quantitative estimate of drug-likeness (QED) is 0.484. The van der Waals surface area contributed by atoms with E-state index in [0.717, 1.165) is 17.2 Å². The molecule has 0 radical (unpaired) electrons. The molecule has 0 aliphatic heterocycles. The molecule has 0 aliphatic carbocycles. The molecule has 7 heteroatoms. The Balaban J connectivity index is 1.84. The fourth-order valence-electron chi connectivity index (χ4n) is 2.13. The van der Waals surface area contributed by atoms with Crippen LogP contribution in [0.5, 0.6) is 5.75 Å². The zero-order chi connectivity index (χ0) is 18.1. The van der Waals surface area contributed by atoms with Gasteiger partial charge in [0, 0.05) is 11.4 Å². The van der Waals surface area contributed by atoms with Crippen molar-refractivity contribution in [1.29, 1.82) is 0 Å². The molecule has 1 aromatic carbocycles. The van der Waals surface area contributed by atoms with E-state index in [1.807, 2.05) is 50.2 Å². The maximum Gasteiger partial charge on any atom is 0.191 e. The van der Waals surface area contributed by atoms with Gasteiger partial charge in [-0.05, 0) is 38.1 Å². The van der Waals surface area contributed by atoms with Gasteiger partial charge in [0.2, 0.25) is 0 Å². The van der Waals surface area contributed by atoms with Gasteiger partial charge in [0.15, 0.2) is 5.96 Å². The first-order chi connectivity index (χ1) is 12.1. The highest BCUT2D eigenvalue weighted by Crippen LogP contribution is 2.26. The average Bonchev–Trinajstić information content (AvgIpc) is 3.04. The smallest absolute Gasteiger partial charge is 0.191 e. The molecule has 2 unspecified atom stereocenters. The number of ether oxygens (including phenoxy) is 1. The number of para-hydroxylation sites is 1. The molecule has 0 amide bonds. The number of nitrogens with zero attached hydrogens (tertiary/aromatic N) is 1. The molecule has 0 saturated heterocycles. The highest BCUT2D eigenvalue weighted by molar-refractivity contribution is 7.16. The van der Waals surface area contributed by atoms with E-state index in [0.29, 0.717) is 16.8 Å². The van der Waals surface area contributed by atoms with Crippen LogP contribution in [0.4, 0.5) is 0 Å². The standard InChI is InChI=1S/C18H24ClN3O2S/c1-3-20-18(22-12-15(23)16-9-10-17(19)25-16)21-11-13(2)24-14-7-5-4-6-8-14/h4-10,13,15,23H,3,11-12H2,1-2H3,(H2,20,21,22). The highest BCUT2D eigenvalue weighted by atomic mass is 35.5. The van der Waals surface area contributed by atoms with Gasteiger partial charge in [-0.15, -0.1) is 11.3 Å². The summed E-state index contributed by atoms with van der Waals surface area (Å²) in [5.74, 6) is 1.48. The average molecular weight is 382 g/mol.